The van der Waals surface area contributed by atoms with E-state index in [1.54, 1.807) is 0 Å². The Bertz CT molecular complexity index is 95.2. The van der Waals surface area contributed by atoms with Crippen LogP contribution in [-0.4, -0.2) is 13.2 Å². The van der Waals surface area contributed by atoms with Crippen molar-refractivity contribution in [3.8, 4) is 0 Å². The molecule has 0 aliphatic heterocycles. The molecule has 0 unspecified atom stereocenters. The molecule has 0 amide bonds. The monoisotopic (exact) mass is 170 g/mol. The van der Waals surface area contributed by atoms with Gasteiger partial charge in [0.25, 0.3) is 0 Å². The molecule has 1 rings (SSSR count). The summed E-state index contributed by atoms with van der Waals surface area (Å²) in [5, 5.41) is 0. The molecule has 1 saturated carbocycles. The maximum atomic E-state index is 5.49. The van der Waals surface area contributed by atoms with E-state index in [-0.39, 0.29) is 0 Å². The Kier molecular flexibility index (Phi) is 5.42. The minimum absolute atomic E-state index is 0.951. The maximum absolute atomic E-state index is 5.49. The topological polar surface area (TPSA) is 9.23 Å². The fourth-order valence-corrected chi connectivity index (χ4v) is 1.97. The van der Waals surface area contributed by atoms with E-state index >= 15 is 0 Å². The molecule has 1 aliphatic rings. The van der Waals surface area contributed by atoms with Crippen LogP contribution in [0.25, 0.3) is 0 Å². The SMILES string of the molecule is CCCOCCC1CCCCC1. The Labute approximate surface area is 76.5 Å². The van der Waals surface area contributed by atoms with E-state index in [1.165, 1.54) is 38.5 Å². The summed E-state index contributed by atoms with van der Waals surface area (Å²) in [4.78, 5) is 0. The van der Waals surface area contributed by atoms with Crippen molar-refractivity contribution in [2.45, 2.75) is 51.9 Å². The highest BCUT2D eigenvalue weighted by atomic mass is 16.5. The van der Waals surface area contributed by atoms with Gasteiger partial charge in [-0.25, -0.2) is 0 Å². The van der Waals surface area contributed by atoms with Crippen molar-refractivity contribution in [3.05, 3.63) is 0 Å². The fourth-order valence-electron chi connectivity index (χ4n) is 1.97. The first-order valence-corrected chi connectivity index (χ1v) is 5.51. The van der Waals surface area contributed by atoms with Crippen LogP contribution in [0.1, 0.15) is 51.9 Å². The third-order valence-electron chi connectivity index (χ3n) is 2.74. The standard InChI is InChI=1S/C11H22O/c1-2-9-12-10-8-11-6-4-3-5-7-11/h11H,2-10H2,1H3. The molecular formula is C11H22O. The van der Waals surface area contributed by atoms with Crippen molar-refractivity contribution in [1.82, 2.24) is 0 Å². The van der Waals surface area contributed by atoms with E-state index in [0.717, 1.165) is 25.6 Å². The van der Waals surface area contributed by atoms with Crippen LogP contribution in [-0.2, 0) is 4.74 Å². The van der Waals surface area contributed by atoms with Crippen LogP contribution in [0.4, 0.5) is 0 Å². The normalized spacial score (nSPS) is 19.8. The molecule has 1 aliphatic carbocycles. The molecule has 0 aromatic heterocycles. The molecule has 0 saturated heterocycles. The summed E-state index contributed by atoms with van der Waals surface area (Å²) in [6.07, 6.45) is 9.75. The van der Waals surface area contributed by atoms with Gasteiger partial charge in [0, 0.05) is 13.2 Å². The molecular weight excluding hydrogens is 148 g/mol. The summed E-state index contributed by atoms with van der Waals surface area (Å²) in [7, 11) is 0. The lowest BCUT2D eigenvalue weighted by Gasteiger charge is -2.21. The summed E-state index contributed by atoms with van der Waals surface area (Å²) in [6.45, 7) is 4.12. The first kappa shape index (κ1) is 10.0. The maximum Gasteiger partial charge on any atom is 0.0468 e. The zero-order valence-electron chi connectivity index (χ0n) is 8.35. The average molecular weight is 170 g/mol. The number of hydrogen-bond donors (Lipinski definition) is 0. The fraction of sp³-hybridized carbons (Fsp3) is 1.00. The minimum atomic E-state index is 0.951. The molecule has 0 spiro atoms. The molecule has 0 atom stereocenters. The molecule has 0 radical (unpaired) electrons. The van der Waals surface area contributed by atoms with Crippen molar-refractivity contribution in [1.29, 1.82) is 0 Å². The second kappa shape index (κ2) is 6.47. The average Bonchev–Trinajstić information content (AvgIpc) is 2.14. The van der Waals surface area contributed by atoms with E-state index in [4.69, 9.17) is 4.74 Å². The Balaban J connectivity index is 1.91. The van der Waals surface area contributed by atoms with Gasteiger partial charge in [-0.15, -0.1) is 0 Å². The number of rotatable bonds is 5. The number of hydrogen-bond acceptors (Lipinski definition) is 1. The molecule has 0 N–H and O–H groups in total. The second-order valence-corrected chi connectivity index (χ2v) is 3.91. The largest absolute Gasteiger partial charge is 0.381 e. The Morgan fingerprint density at radius 3 is 2.50 bits per heavy atom. The molecule has 72 valence electrons. The van der Waals surface area contributed by atoms with Gasteiger partial charge in [0.1, 0.15) is 0 Å². The van der Waals surface area contributed by atoms with Gasteiger partial charge in [0.15, 0.2) is 0 Å². The Morgan fingerprint density at radius 2 is 1.83 bits per heavy atom. The van der Waals surface area contributed by atoms with Gasteiger partial charge in [-0.2, -0.15) is 0 Å². The molecule has 12 heavy (non-hydrogen) atoms. The highest BCUT2D eigenvalue weighted by Gasteiger charge is 2.12. The van der Waals surface area contributed by atoms with Crippen LogP contribution in [0.5, 0.6) is 0 Å². The Hall–Kier alpha value is -0.0400. The van der Waals surface area contributed by atoms with Crippen LogP contribution in [0, 0.1) is 5.92 Å². The van der Waals surface area contributed by atoms with Gasteiger partial charge >= 0.3 is 0 Å². The summed E-state index contributed by atoms with van der Waals surface area (Å²) in [6, 6.07) is 0. The second-order valence-electron chi connectivity index (χ2n) is 3.91. The van der Waals surface area contributed by atoms with E-state index in [1.807, 2.05) is 0 Å². The predicted octanol–water partition coefficient (Wildman–Crippen LogP) is 3.38. The number of ether oxygens (including phenoxy) is 1. The zero-order chi connectivity index (χ0) is 8.65. The molecule has 1 heteroatoms. The molecule has 0 aromatic rings. The lowest BCUT2D eigenvalue weighted by molar-refractivity contribution is 0.114. The van der Waals surface area contributed by atoms with E-state index in [9.17, 15) is 0 Å². The van der Waals surface area contributed by atoms with Crippen molar-refractivity contribution in [3.63, 3.8) is 0 Å². The van der Waals surface area contributed by atoms with E-state index in [0.29, 0.717) is 0 Å². The minimum Gasteiger partial charge on any atom is -0.381 e. The van der Waals surface area contributed by atoms with Gasteiger partial charge in [-0.05, 0) is 18.8 Å². The van der Waals surface area contributed by atoms with Gasteiger partial charge < -0.3 is 4.74 Å². The lowest BCUT2D eigenvalue weighted by Crippen LogP contribution is -2.09. The van der Waals surface area contributed by atoms with Crippen molar-refractivity contribution < 1.29 is 4.74 Å². The van der Waals surface area contributed by atoms with E-state index in [2.05, 4.69) is 6.92 Å². The van der Waals surface area contributed by atoms with Crippen molar-refractivity contribution in [2.75, 3.05) is 13.2 Å². The predicted molar refractivity (Wildman–Crippen MR) is 52.3 cm³/mol. The summed E-state index contributed by atoms with van der Waals surface area (Å²) in [5.41, 5.74) is 0. The Morgan fingerprint density at radius 1 is 1.08 bits per heavy atom. The third kappa shape index (κ3) is 4.10. The molecule has 0 aromatic carbocycles. The summed E-state index contributed by atoms with van der Waals surface area (Å²) < 4.78 is 5.49. The first-order chi connectivity index (χ1) is 5.93. The van der Waals surface area contributed by atoms with Crippen LogP contribution in [0.15, 0.2) is 0 Å². The zero-order valence-corrected chi connectivity index (χ0v) is 8.35. The highest BCUT2D eigenvalue weighted by Crippen LogP contribution is 2.25. The van der Waals surface area contributed by atoms with Crippen LogP contribution in [0.3, 0.4) is 0 Å². The van der Waals surface area contributed by atoms with Crippen LogP contribution in [0.2, 0.25) is 0 Å². The summed E-state index contributed by atoms with van der Waals surface area (Å²) >= 11 is 0. The van der Waals surface area contributed by atoms with Crippen LogP contribution >= 0.6 is 0 Å². The molecule has 1 nitrogen and oxygen atoms in total. The summed E-state index contributed by atoms with van der Waals surface area (Å²) in [5.74, 6) is 0.982. The molecule has 1 fully saturated rings. The van der Waals surface area contributed by atoms with Crippen LogP contribution < -0.4 is 0 Å². The lowest BCUT2D eigenvalue weighted by atomic mass is 9.87. The van der Waals surface area contributed by atoms with Gasteiger partial charge in [0.05, 0.1) is 0 Å². The van der Waals surface area contributed by atoms with Gasteiger partial charge in [-0.3, -0.25) is 0 Å². The smallest absolute Gasteiger partial charge is 0.0468 e. The van der Waals surface area contributed by atoms with Gasteiger partial charge in [0.2, 0.25) is 0 Å². The van der Waals surface area contributed by atoms with Crippen molar-refractivity contribution in [2.24, 2.45) is 5.92 Å². The highest BCUT2D eigenvalue weighted by molar-refractivity contribution is 4.65. The van der Waals surface area contributed by atoms with Gasteiger partial charge in [-0.1, -0.05) is 39.0 Å². The third-order valence-corrected chi connectivity index (χ3v) is 2.74. The van der Waals surface area contributed by atoms with Crippen molar-refractivity contribution >= 4 is 0 Å². The van der Waals surface area contributed by atoms with E-state index < -0.39 is 0 Å². The molecule has 0 heterocycles. The molecule has 0 bridgehead atoms. The quantitative estimate of drug-likeness (QED) is 0.575. The first-order valence-electron chi connectivity index (χ1n) is 5.51.